The molecular weight excluding hydrogens is 388 g/mol. The number of amides is 1. The molecule has 2 aliphatic heterocycles. The SMILES string of the molecule is COc1ccc(OC)c([C@H]2CCCN2C(=O)CSc2nnc3n2CCCCC3)c1. The minimum Gasteiger partial charge on any atom is -0.497 e. The first kappa shape index (κ1) is 20.1. The third-order valence-corrected chi connectivity index (χ3v) is 6.72. The van der Waals surface area contributed by atoms with Gasteiger partial charge in [0.1, 0.15) is 17.3 Å². The summed E-state index contributed by atoms with van der Waals surface area (Å²) in [5, 5.41) is 9.53. The molecule has 8 heteroatoms. The van der Waals surface area contributed by atoms with Crippen LogP contribution in [-0.4, -0.2) is 52.1 Å². The molecule has 0 N–H and O–H groups in total. The number of thioether (sulfide) groups is 1. The summed E-state index contributed by atoms with van der Waals surface area (Å²) in [6, 6.07) is 5.80. The molecule has 7 nitrogen and oxygen atoms in total. The molecule has 3 heterocycles. The lowest BCUT2D eigenvalue weighted by Gasteiger charge is -2.26. The van der Waals surface area contributed by atoms with Crippen LogP contribution in [0.25, 0.3) is 0 Å². The molecule has 1 fully saturated rings. The summed E-state index contributed by atoms with van der Waals surface area (Å²) in [6.45, 7) is 1.72. The van der Waals surface area contributed by atoms with Crippen LogP contribution in [0.4, 0.5) is 0 Å². The Kier molecular flexibility index (Phi) is 6.28. The Morgan fingerprint density at radius 1 is 1.14 bits per heavy atom. The van der Waals surface area contributed by atoms with Crippen molar-refractivity contribution in [3.63, 3.8) is 0 Å². The molecule has 1 aromatic heterocycles. The maximum absolute atomic E-state index is 13.1. The molecule has 29 heavy (non-hydrogen) atoms. The van der Waals surface area contributed by atoms with Gasteiger partial charge in [-0.05, 0) is 43.9 Å². The molecule has 1 aromatic carbocycles. The molecule has 2 aliphatic rings. The number of carbonyl (C=O) groups excluding carboxylic acids is 1. The molecule has 1 amide bonds. The fourth-order valence-electron chi connectivity index (χ4n) is 4.26. The van der Waals surface area contributed by atoms with E-state index in [0.717, 1.165) is 66.8 Å². The van der Waals surface area contributed by atoms with Crippen molar-refractivity contribution in [3.05, 3.63) is 29.6 Å². The highest BCUT2D eigenvalue weighted by Gasteiger charge is 2.32. The van der Waals surface area contributed by atoms with E-state index in [1.807, 2.05) is 23.1 Å². The number of nitrogens with zero attached hydrogens (tertiary/aromatic N) is 4. The number of methoxy groups -OCH3 is 2. The van der Waals surface area contributed by atoms with Crippen molar-refractivity contribution in [3.8, 4) is 11.5 Å². The average Bonchev–Trinajstić information content (AvgIpc) is 3.32. The Morgan fingerprint density at radius 2 is 2.03 bits per heavy atom. The highest BCUT2D eigenvalue weighted by molar-refractivity contribution is 7.99. The van der Waals surface area contributed by atoms with Crippen LogP contribution in [0.2, 0.25) is 0 Å². The Labute approximate surface area is 175 Å². The van der Waals surface area contributed by atoms with Crippen LogP contribution in [-0.2, 0) is 17.8 Å². The Balaban J connectivity index is 1.47. The molecule has 1 saturated heterocycles. The number of aryl methyl sites for hydroxylation is 1. The van der Waals surface area contributed by atoms with Crippen LogP contribution in [0.1, 0.15) is 49.5 Å². The van der Waals surface area contributed by atoms with Crippen molar-refractivity contribution in [1.82, 2.24) is 19.7 Å². The minimum atomic E-state index is 0.0173. The Bertz CT molecular complexity index is 870. The zero-order chi connectivity index (χ0) is 20.2. The minimum absolute atomic E-state index is 0.0173. The molecule has 0 spiro atoms. The van der Waals surface area contributed by atoms with Gasteiger partial charge in [0.25, 0.3) is 0 Å². The van der Waals surface area contributed by atoms with Crippen molar-refractivity contribution in [2.45, 2.75) is 56.3 Å². The van der Waals surface area contributed by atoms with Gasteiger partial charge in [-0.1, -0.05) is 18.2 Å². The van der Waals surface area contributed by atoms with E-state index in [9.17, 15) is 4.79 Å². The Morgan fingerprint density at radius 3 is 2.86 bits per heavy atom. The Hall–Kier alpha value is -2.22. The predicted molar refractivity (Wildman–Crippen MR) is 112 cm³/mol. The van der Waals surface area contributed by atoms with Crippen molar-refractivity contribution in [1.29, 1.82) is 0 Å². The molecule has 0 bridgehead atoms. The first-order valence-corrected chi connectivity index (χ1v) is 11.3. The van der Waals surface area contributed by atoms with E-state index in [1.165, 1.54) is 24.6 Å². The molecular formula is C21H28N4O3S. The lowest BCUT2D eigenvalue weighted by molar-refractivity contribution is -0.129. The number of hydrogen-bond acceptors (Lipinski definition) is 6. The van der Waals surface area contributed by atoms with Crippen LogP contribution < -0.4 is 9.47 Å². The van der Waals surface area contributed by atoms with Gasteiger partial charge in [0.2, 0.25) is 5.91 Å². The number of benzene rings is 1. The van der Waals surface area contributed by atoms with Gasteiger partial charge < -0.3 is 18.9 Å². The number of ether oxygens (including phenoxy) is 2. The zero-order valence-electron chi connectivity index (χ0n) is 17.1. The van der Waals surface area contributed by atoms with Gasteiger partial charge in [0.15, 0.2) is 5.16 Å². The summed E-state index contributed by atoms with van der Waals surface area (Å²) >= 11 is 1.50. The summed E-state index contributed by atoms with van der Waals surface area (Å²) in [4.78, 5) is 15.1. The number of rotatable bonds is 6. The predicted octanol–water partition coefficient (Wildman–Crippen LogP) is 3.48. The maximum atomic E-state index is 13.1. The van der Waals surface area contributed by atoms with E-state index in [-0.39, 0.29) is 11.9 Å². The van der Waals surface area contributed by atoms with Gasteiger partial charge in [-0.15, -0.1) is 10.2 Å². The van der Waals surface area contributed by atoms with E-state index >= 15 is 0 Å². The topological polar surface area (TPSA) is 69.5 Å². The second-order valence-electron chi connectivity index (χ2n) is 7.50. The van der Waals surface area contributed by atoms with Crippen LogP contribution in [0.5, 0.6) is 11.5 Å². The molecule has 0 saturated carbocycles. The molecule has 0 unspecified atom stereocenters. The van der Waals surface area contributed by atoms with E-state index in [2.05, 4.69) is 14.8 Å². The van der Waals surface area contributed by atoms with Gasteiger partial charge in [-0.25, -0.2) is 0 Å². The van der Waals surface area contributed by atoms with E-state index in [1.54, 1.807) is 14.2 Å². The smallest absolute Gasteiger partial charge is 0.233 e. The number of hydrogen-bond donors (Lipinski definition) is 0. The summed E-state index contributed by atoms with van der Waals surface area (Å²) in [6.07, 6.45) is 6.44. The maximum Gasteiger partial charge on any atom is 0.233 e. The largest absolute Gasteiger partial charge is 0.497 e. The monoisotopic (exact) mass is 416 g/mol. The molecule has 4 rings (SSSR count). The van der Waals surface area contributed by atoms with Crippen molar-refractivity contribution in [2.24, 2.45) is 0 Å². The van der Waals surface area contributed by atoms with Gasteiger partial charge in [0.05, 0.1) is 26.0 Å². The van der Waals surface area contributed by atoms with Crippen molar-refractivity contribution in [2.75, 3.05) is 26.5 Å². The third-order valence-electron chi connectivity index (χ3n) is 5.77. The standard InChI is InChI=1S/C21H28N4O3S/c1-27-15-9-10-18(28-2)16(13-15)17-7-6-12-24(17)20(26)14-29-21-23-22-19-8-4-3-5-11-25(19)21/h9-10,13,17H,3-8,11-12,14H2,1-2H3/t17-/m1/s1. The summed E-state index contributed by atoms with van der Waals surface area (Å²) in [5.74, 6) is 3.14. The third kappa shape index (κ3) is 4.22. The van der Waals surface area contributed by atoms with Crippen LogP contribution in [0.15, 0.2) is 23.4 Å². The molecule has 0 radical (unpaired) electrons. The van der Waals surface area contributed by atoms with E-state index in [0.29, 0.717) is 5.75 Å². The van der Waals surface area contributed by atoms with Gasteiger partial charge in [-0.2, -0.15) is 0 Å². The average molecular weight is 417 g/mol. The number of carbonyl (C=O) groups is 1. The highest BCUT2D eigenvalue weighted by atomic mass is 32.2. The van der Waals surface area contributed by atoms with Gasteiger partial charge in [0, 0.05) is 25.1 Å². The van der Waals surface area contributed by atoms with Crippen molar-refractivity contribution < 1.29 is 14.3 Å². The van der Waals surface area contributed by atoms with Crippen LogP contribution in [0, 0.1) is 0 Å². The summed E-state index contributed by atoms with van der Waals surface area (Å²) in [5.41, 5.74) is 1.01. The van der Waals surface area contributed by atoms with Crippen molar-refractivity contribution >= 4 is 17.7 Å². The first-order valence-electron chi connectivity index (χ1n) is 10.3. The number of likely N-dealkylation sites (tertiary alicyclic amines) is 1. The van der Waals surface area contributed by atoms with E-state index < -0.39 is 0 Å². The summed E-state index contributed by atoms with van der Waals surface area (Å²) in [7, 11) is 3.32. The second kappa shape index (κ2) is 9.07. The van der Waals surface area contributed by atoms with Gasteiger partial charge >= 0.3 is 0 Å². The molecule has 156 valence electrons. The quantitative estimate of drug-likeness (QED) is 0.672. The fourth-order valence-corrected chi connectivity index (χ4v) is 5.13. The van der Waals surface area contributed by atoms with Crippen LogP contribution in [0.3, 0.4) is 0 Å². The highest BCUT2D eigenvalue weighted by Crippen LogP contribution is 2.39. The number of fused-ring (bicyclic) bond motifs is 1. The lowest BCUT2D eigenvalue weighted by atomic mass is 10.0. The molecule has 1 atom stereocenters. The van der Waals surface area contributed by atoms with E-state index in [4.69, 9.17) is 9.47 Å². The number of aromatic nitrogens is 3. The molecule has 0 aliphatic carbocycles. The van der Waals surface area contributed by atoms with Crippen LogP contribution >= 0.6 is 11.8 Å². The fraction of sp³-hybridized carbons (Fsp3) is 0.571. The normalized spacial score (nSPS) is 19.0. The second-order valence-corrected chi connectivity index (χ2v) is 8.45. The molecule has 2 aromatic rings. The van der Waals surface area contributed by atoms with Gasteiger partial charge in [-0.3, -0.25) is 4.79 Å². The summed E-state index contributed by atoms with van der Waals surface area (Å²) < 4.78 is 13.1. The first-order chi connectivity index (χ1) is 14.2. The zero-order valence-corrected chi connectivity index (χ0v) is 17.9. The lowest BCUT2D eigenvalue weighted by Crippen LogP contribution is -2.32.